The lowest BCUT2D eigenvalue weighted by Gasteiger charge is -2.19. The molecule has 0 unspecified atom stereocenters. The molecule has 122 valence electrons. The fraction of sp³-hybridized carbons (Fsp3) is 0.278. The van der Waals surface area contributed by atoms with Gasteiger partial charge < -0.3 is 9.47 Å². The molecule has 0 bridgehead atoms. The van der Waals surface area contributed by atoms with Crippen LogP contribution >= 0.6 is 31.9 Å². The van der Waals surface area contributed by atoms with Gasteiger partial charge in [-0.15, -0.1) is 0 Å². The molecule has 0 aliphatic rings. The summed E-state index contributed by atoms with van der Waals surface area (Å²) in [5.74, 6) is 1.55. The highest BCUT2D eigenvalue weighted by atomic mass is 79.9. The Labute approximate surface area is 153 Å². The van der Waals surface area contributed by atoms with E-state index in [0.717, 1.165) is 22.6 Å². The number of rotatable bonds is 6. The maximum Gasteiger partial charge on any atom is 0.177 e. The Morgan fingerprint density at radius 2 is 1.52 bits per heavy atom. The minimum atomic E-state index is -0.372. The molecule has 0 spiro atoms. The normalized spacial score (nSPS) is 13.3. The molecule has 0 fully saturated rings. The van der Waals surface area contributed by atoms with E-state index >= 15 is 0 Å². The second kappa shape index (κ2) is 7.97. The van der Waals surface area contributed by atoms with Gasteiger partial charge in [0.1, 0.15) is 11.5 Å². The molecule has 2 aromatic rings. The third-order valence-electron chi connectivity index (χ3n) is 3.66. The zero-order valence-electron chi connectivity index (χ0n) is 13.2. The number of ketones is 1. The first-order chi connectivity index (χ1) is 11.0. The van der Waals surface area contributed by atoms with Crippen molar-refractivity contribution >= 4 is 37.6 Å². The summed E-state index contributed by atoms with van der Waals surface area (Å²) in [6.45, 7) is 2.00. The van der Waals surface area contributed by atoms with Crippen molar-refractivity contribution in [3.8, 4) is 11.5 Å². The number of halogens is 2. The Balaban J connectivity index is 2.20. The van der Waals surface area contributed by atoms with E-state index in [4.69, 9.17) is 9.47 Å². The standard InChI is InChI=1S/C18H18Br2O3/c1-11-10-14(23-3)8-9-15(11)16(19)17(20)18(21)12-4-6-13(22-2)7-5-12/h4-10,16-17H,1-3H3/t16-,17+/m0/s1. The van der Waals surface area contributed by atoms with Crippen LogP contribution in [0.1, 0.15) is 26.3 Å². The van der Waals surface area contributed by atoms with E-state index in [1.165, 1.54) is 0 Å². The van der Waals surface area contributed by atoms with Gasteiger partial charge in [-0.2, -0.15) is 0 Å². The second-order valence-electron chi connectivity index (χ2n) is 5.12. The Kier molecular flexibility index (Phi) is 6.25. The fourth-order valence-electron chi connectivity index (χ4n) is 2.29. The number of carbonyl (C=O) groups is 1. The van der Waals surface area contributed by atoms with Crippen LogP contribution < -0.4 is 9.47 Å². The number of ether oxygens (including phenoxy) is 2. The van der Waals surface area contributed by atoms with Crippen molar-refractivity contribution in [2.24, 2.45) is 0 Å². The third kappa shape index (κ3) is 4.15. The molecular formula is C18H18Br2O3. The highest BCUT2D eigenvalue weighted by Gasteiger charge is 2.27. The molecule has 2 aromatic carbocycles. The number of carbonyl (C=O) groups excluding carboxylic acids is 1. The maximum atomic E-state index is 12.7. The van der Waals surface area contributed by atoms with Crippen LogP contribution in [0.3, 0.4) is 0 Å². The van der Waals surface area contributed by atoms with Crippen LogP contribution in [-0.4, -0.2) is 24.8 Å². The van der Waals surface area contributed by atoms with Crippen molar-refractivity contribution in [3.63, 3.8) is 0 Å². The van der Waals surface area contributed by atoms with E-state index in [2.05, 4.69) is 31.9 Å². The molecule has 0 heterocycles. The Bertz CT molecular complexity index is 683. The molecule has 0 saturated heterocycles. The molecule has 3 nitrogen and oxygen atoms in total. The van der Waals surface area contributed by atoms with E-state index in [1.54, 1.807) is 38.5 Å². The van der Waals surface area contributed by atoms with Crippen molar-refractivity contribution in [3.05, 3.63) is 59.2 Å². The van der Waals surface area contributed by atoms with E-state index in [1.807, 2.05) is 25.1 Å². The fourth-order valence-corrected chi connectivity index (χ4v) is 3.59. The quantitative estimate of drug-likeness (QED) is 0.462. The maximum absolute atomic E-state index is 12.7. The molecule has 0 saturated carbocycles. The van der Waals surface area contributed by atoms with Crippen molar-refractivity contribution < 1.29 is 14.3 Å². The van der Waals surface area contributed by atoms with Crippen molar-refractivity contribution in [2.75, 3.05) is 14.2 Å². The predicted molar refractivity (Wildman–Crippen MR) is 99.4 cm³/mol. The van der Waals surface area contributed by atoms with Crippen LogP contribution in [0.25, 0.3) is 0 Å². The third-order valence-corrected chi connectivity index (χ3v) is 6.33. The summed E-state index contributed by atoms with van der Waals surface area (Å²) in [5.41, 5.74) is 2.76. The molecule has 23 heavy (non-hydrogen) atoms. The summed E-state index contributed by atoms with van der Waals surface area (Å²) < 4.78 is 10.3. The first-order valence-corrected chi connectivity index (χ1v) is 8.92. The molecule has 0 aliphatic heterocycles. The lowest BCUT2D eigenvalue weighted by molar-refractivity contribution is 0.0991. The number of methoxy groups -OCH3 is 2. The molecule has 0 radical (unpaired) electrons. The molecule has 5 heteroatoms. The number of aryl methyl sites for hydroxylation is 1. The summed E-state index contributed by atoms with van der Waals surface area (Å²) in [7, 11) is 3.24. The molecular weight excluding hydrogens is 424 g/mol. The van der Waals surface area contributed by atoms with Crippen LogP contribution in [0.15, 0.2) is 42.5 Å². The smallest absolute Gasteiger partial charge is 0.177 e. The van der Waals surface area contributed by atoms with Gasteiger partial charge in [-0.1, -0.05) is 37.9 Å². The minimum Gasteiger partial charge on any atom is -0.497 e. The van der Waals surface area contributed by atoms with Gasteiger partial charge in [-0.25, -0.2) is 0 Å². The Hall–Kier alpha value is -1.33. The topological polar surface area (TPSA) is 35.5 Å². The second-order valence-corrected chi connectivity index (χ2v) is 7.09. The summed E-state index contributed by atoms with van der Waals surface area (Å²) in [5, 5.41) is 0. The summed E-state index contributed by atoms with van der Waals surface area (Å²) >= 11 is 7.17. The van der Waals surface area contributed by atoms with Gasteiger partial charge in [0.05, 0.1) is 23.9 Å². The highest BCUT2D eigenvalue weighted by molar-refractivity contribution is 9.12. The minimum absolute atomic E-state index is 0.0183. The van der Waals surface area contributed by atoms with E-state index in [-0.39, 0.29) is 15.4 Å². The summed E-state index contributed by atoms with van der Waals surface area (Å²) in [6, 6.07) is 13.0. The first-order valence-electron chi connectivity index (χ1n) is 7.09. The van der Waals surface area contributed by atoms with Crippen LogP contribution in [0.2, 0.25) is 0 Å². The average molecular weight is 442 g/mol. The van der Waals surface area contributed by atoms with Gasteiger partial charge in [0.15, 0.2) is 5.78 Å². The number of hydrogen-bond donors (Lipinski definition) is 0. The van der Waals surface area contributed by atoms with Crippen LogP contribution in [-0.2, 0) is 0 Å². The lowest BCUT2D eigenvalue weighted by atomic mass is 9.99. The van der Waals surface area contributed by atoms with Crippen LogP contribution in [0, 0.1) is 6.92 Å². The monoisotopic (exact) mass is 440 g/mol. The van der Waals surface area contributed by atoms with Crippen molar-refractivity contribution in [1.82, 2.24) is 0 Å². The van der Waals surface area contributed by atoms with Gasteiger partial charge in [0.25, 0.3) is 0 Å². The molecule has 2 rings (SSSR count). The SMILES string of the molecule is COc1ccc(C(=O)[C@H](Br)[C@@H](Br)c2ccc(OC)cc2C)cc1. The molecule has 0 amide bonds. The molecule has 0 aliphatic carbocycles. The zero-order valence-corrected chi connectivity index (χ0v) is 16.3. The number of alkyl halides is 2. The summed E-state index contributed by atoms with van der Waals surface area (Å²) in [4.78, 5) is 12.1. The van der Waals surface area contributed by atoms with Crippen LogP contribution in [0.4, 0.5) is 0 Å². The largest absolute Gasteiger partial charge is 0.497 e. The van der Waals surface area contributed by atoms with E-state index < -0.39 is 0 Å². The Morgan fingerprint density at radius 3 is 2.04 bits per heavy atom. The molecule has 0 aromatic heterocycles. The van der Waals surface area contributed by atoms with E-state index in [0.29, 0.717) is 5.56 Å². The number of hydrogen-bond acceptors (Lipinski definition) is 3. The predicted octanol–water partition coefficient (Wildman–Crippen LogP) is 5.09. The number of Topliss-reactive ketones (excluding diaryl/α,β-unsaturated/α-hetero) is 1. The Morgan fingerprint density at radius 1 is 0.957 bits per heavy atom. The van der Waals surface area contributed by atoms with Gasteiger partial charge in [-0.05, 0) is 54.4 Å². The van der Waals surface area contributed by atoms with Gasteiger partial charge in [-0.3, -0.25) is 4.79 Å². The van der Waals surface area contributed by atoms with Gasteiger partial charge >= 0.3 is 0 Å². The van der Waals surface area contributed by atoms with E-state index in [9.17, 15) is 4.79 Å². The zero-order chi connectivity index (χ0) is 17.0. The molecule has 0 N–H and O–H groups in total. The van der Waals surface area contributed by atoms with Crippen molar-refractivity contribution in [1.29, 1.82) is 0 Å². The molecule has 2 atom stereocenters. The van der Waals surface area contributed by atoms with Gasteiger partial charge in [0.2, 0.25) is 0 Å². The lowest BCUT2D eigenvalue weighted by Crippen LogP contribution is -2.19. The number of benzene rings is 2. The summed E-state index contributed by atoms with van der Waals surface area (Å²) in [6.07, 6.45) is 0. The first kappa shape index (κ1) is 18.0. The van der Waals surface area contributed by atoms with Gasteiger partial charge in [0, 0.05) is 5.56 Å². The average Bonchev–Trinajstić information content (AvgIpc) is 2.59. The highest BCUT2D eigenvalue weighted by Crippen LogP contribution is 2.36. The van der Waals surface area contributed by atoms with Crippen molar-refractivity contribution in [2.45, 2.75) is 16.6 Å². The van der Waals surface area contributed by atoms with Crippen LogP contribution in [0.5, 0.6) is 11.5 Å².